The molecule has 1 N–H and O–H groups in total. The Bertz CT molecular complexity index is 677. The van der Waals surface area contributed by atoms with Crippen LogP contribution >= 0.6 is 11.8 Å². The van der Waals surface area contributed by atoms with E-state index in [-0.39, 0.29) is 17.3 Å². The van der Waals surface area contributed by atoms with Crippen LogP contribution in [0.15, 0.2) is 29.4 Å². The standard InChI is InChI=1S/C15H17N3O2S/c1-3-16-13-10-6-4-5-7-11(10)17-15(18-13)21-12-8-9(2)20-14(12)19/h4-7,9,12H,3,8H2,1-2H3,(H,16,17,18)/t9-,12+/m0/s1. The third-order valence-corrected chi connectivity index (χ3v) is 4.36. The van der Waals surface area contributed by atoms with E-state index in [4.69, 9.17) is 4.74 Å². The van der Waals surface area contributed by atoms with Crippen LogP contribution in [0.5, 0.6) is 0 Å². The van der Waals surface area contributed by atoms with Gasteiger partial charge in [0.25, 0.3) is 0 Å². The molecule has 2 atom stereocenters. The summed E-state index contributed by atoms with van der Waals surface area (Å²) in [6.07, 6.45) is 0.680. The molecule has 2 aromatic rings. The van der Waals surface area contributed by atoms with Gasteiger partial charge in [0.15, 0.2) is 5.16 Å². The number of thioether (sulfide) groups is 1. The Kier molecular flexibility index (Phi) is 3.96. The highest BCUT2D eigenvalue weighted by molar-refractivity contribution is 8.00. The van der Waals surface area contributed by atoms with Crippen LogP contribution in [0.25, 0.3) is 10.9 Å². The molecular weight excluding hydrogens is 286 g/mol. The molecule has 0 aliphatic carbocycles. The number of anilines is 1. The number of hydrogen-bond donors (Lipinski definition) is 1. The van der Waals surface area contributed by atoms with Gasteiger partial charge in [0.05, 0.1) is 5.52 Å². The van der Waals surface area contributed by atoms with Crippen molar-refractivity contribution in [2.75, 3.05) is 11.9 Å². The van der Waals surface area contributed by atoms with E-state index < -0.39 is 0 Å². The van der Waals surface area contributed by atoms with Crippen molar-refractivity contribution in [1.29, 1.82) is 0 Å². The first kappa shape index (κ1) is 14.1. The third kappa shape index (κ3) is 2.95. The van der Waals surface area contributed by atoms with Crippen LogP contribution in [0, 0.1) is 0 Å². The fourth-order valence-corrected chi connectivity index (χ4v) is 3.42. The van der Waals surface area contributed by atoms with E-state index in [0.717, 1.165) is 23.3 Å². The highest BCUT2D eigenvalue weighted by Gasteiger charge is 2.33. The monoisotopic (exact) mass is 303 g/mol. The van der Waals surface area contributed by atoms with E-state index in [1.807, 2.05) is 38.1 Å². The average Bonchev–Trinajstić information content (AvgIpc) is 2.77. The number of carbonyl (C=O) groups excluding carboxylic acids is 1. The number of aromatic nitrogens is 2. The smallest absolute Gasteiger partial charge is 0.319 e. The second-order valence-corrected chi connectivity index (χ2v) is 6.16. The van der Waals surface area contributed by atoms with Gasteiger partial charge >= 0.3 is 5.97 Å². The largest absolute Gasteiger partial charge is 0.462 e. The van der Waals surface area contributed by atoms with Crippen molar-refractivity contribution in [3.05, 3.63) is 24.3 Å². The SMILES string of the molecule is CCNc1nc(S[C@@H]2C[C@H](C)OC2=O)nc2ccccc12. The molecule has 5 nitrogen and oxygen atoms in total. The molecule has 2 heterocycles. The Morgan fingerprint density at radius 1 is 1.38 bits per heavy atom. The number of hydrogen-bond acceptors (Lipinski definition) is 6. The van der Waals surface area contributed by atoms with Crippen LogP contribution in [-0.4, -0.2) is 33.8 Å². The van der Waals surface area contributed by atoms with E-state index >= 15 is 0 Å². The van der Waals surface area contributed by atoms with Crippen LogP contribution in [0.2, 0.25) is 0 Å². The van der Waals surface area contributed by atoms with Crippen molar-refractivity contribution >= 4 is 34.5 Å². The Labute approximate surface area is 127 Å². The van der Waals surface area contributed by atoms with E-state index in [9.17, 15) is 4.79 Å². The fraction of sp³-hybridized carbons (Fsp3) is 0.400. The lowest BCUT2D eigenvalue weighted by Gasteiger charge is -2.10. The van der Waals surface area contributed by atoms with E-state index in [2.05, 4.69) is 15.3 Å². The molecule has 6 heteroatoms. The highest BCUT2D eigenvalue weighted by atomic mass is 32.2. The minimum absolute atomic E-state index is 0.0244. The molecule has 0 unspecified atom stereocenters. The molecule has 1 aliphatic heterocycles. The number of rotatable bonds is 4. The van der Waals surface area contributed by atoms with Crippen LogP contribution in [-0.2, 0) is 9.53 Å². The maximum atomic E-state index is 11.7. The number of fused-ring (bicyclic) bond motifs is 1. The van der Waals surface area contributed by atoms with Gasteiger partial charge < -0.3 is 10.1 Å². The van der Waals surface area contributed by atoms with Crippen molar-refractivity contribution in [1.82, 2.24) is 9.97 Å². The molecule has 1 aliphatic rings. The summed E-state index contributed by atoms with van der Waals surface area (Å²) in [5.74, 6) is 0.638. The van der Waals surface area contributed by atoms with Gasteiger partial charge in [-0.1, -0.05) is 23.9 Å². The molecule has 110 valence electrons. The molecule has 1 aromatic carbocycles. The zero-order valence-corrected chi connectivity index (χ0v) is 12.8. The molecule has 1 saturated heterocycles. The van der Waals surface area contributed by atoms with Gasteiger partial charge in [0, 0.05) is 18.4 Å². The van der Waals surface area contributed by atoms with Crippen LogP contribution in [0.1, 0.15) is 20.3 Å². The summed E-state index contributed by atoms with van der Waals surface area (Å²) in [6, 6.07) is 7.87. The molecule has 0 radical (unpaired) electrons. The van der Waals surface area contributed by atoms with Crippen molar-refractivity contribution in [2.24, 2.45) is 0 Å². The van der Waals surface area contributed by atoms with E-state index in [1.165, 1.54) is 11.8 Å². The summed E-state index contributed by atoms with van der Waals surface area (Å²) in [6.45, 7) is 4.72. The molecule has 0 amide bonds. The Balaban J connectivity index is 1.93. The van der Waals surface area contributed by atoms with Gasteiger partial charge in [-0.15, -0.1) is 0 Å². The summed E-state index contributed by atoms with van der Waals surface area (Å²) < 4.78 is 5.18. The summed E-state index contributed by atoms with van der Waals surface area (Å²) in [5, 5.41) is 4.65. The van der Waals surface area contributed by atoms with E-state index in [1.54, 1.807) is 0 Å². The molecular formula is C15H17N3O2S. The van der Waals surface area contributed by atoms with Crippen LogP contribution in [0.3, 0.4) is 0 Å². The molecule has 1 fully saturated rings. The quantitative estimate of drug-likeness (QED) is 0.692. The van der Waals surface area contributed by atoms with Crippen molar-refractivity contribution < 1.29 is 9.53 Å². The van der Waals surface area contributed by atoms with Gasteiger partial charge in [-0.3, -0.25) is 4.79 Å². The predicted octanol–water partition coefficient (Wildman–Crippen LogP) is 2.86. The number of esters is 1. The molecule has 3 rings (SSSR count). The maximum Gasteiger partial charge on any atom is 0.319 e. The lowest BCUT2D eigenvalue weighted by Crippen LogP contribution is -2.11. The first-order chi connectivity index (χ1) is 10.2. The second kappa shape index (κ2) is 5.89. The summed E-state index contributed by atoms with van der Waals surface area (Å²) in [4.78, 5) is 20.8. The van der Waals surface area contributed by atoms with Gasteiger partial charge in [0.2, 0.25) is 0 Å². The predicted molar refractivity (Wildman–Crippen MR) is 83.5 cm³/mol. The minimum atomic E-state index is -0.212. The summed E-state index contributed by atoms with van der Waals surface area (Å²) >= 11 is 1.38. The van der Waals surface area contributed by atoms with Crippen molar-refractivity contribution in [3.63, 3.8) is 0 Å². The lowest BCUT2D eigenvalue weighted by atomic mass is 10.2. The highest BCUT2D eigenvalue weighted by Crippen LogP contribution is 2.32. The Hall–Kier alpha value is -1.82. The molecule has 0 saturated carbocycles. The zero-order valence-electron chi connectivity index (χ0n) is 12.0. The number of cyclic esters (lactones) is 1. The van der Waals surface area contributed by atoms with Crippen molar-refractivity contribution in [3.8, 4) is 0 Å². The first-order valence-electron chi connectivity index (χ1n) is 7.05. The van der Waals surface area contributed by atoms with Crippen molar-refractivity contribution in [2.45, 2.75) is 36.8 Å². The topological polar surface area (TPSA) is 64.1 Å². The number of ether oxygens (including phenoxy) is 1. The Morgan fingerprint density at radius 3 is 2.90 bits per heavy atom. The molecule has 21 heavy (non-hydrogen) atoms. The fourth-order valence-electron chi connectivity index (χ4n) is 2.35. The molecule has 0 spiro atoms. The molecule has 0 bridgehead atoms. The summed E-state index contributed by atoms with van der Waals surface area (Å²) in [7, 11) is 0. The van der Waals surface area contributed by atoms with Crippen LogP contribution < -0.4 is 5.32 Å². The maximum absolute atomic E-state index is 11.7. The number of carbonyl (C=O) groups is 1. The summed E-state index contributed by atoms with van der Waals surface area (Å²) in [5.41, 5.74) is 0.880. The minimum Gasteiger partial charge on any atom is -0.462 e. The van der Waals surface area contributed by atoms with Gasteiger partial charge in [-0.2, -0.15) is 0 Å². The Morgan fingerprint density at radius 2 is 2.19 bits per heavy atom. The van der Waals surface area contributed by atoms with E-state index in [0.29, 0.717) is 11.6 Å². The van der Waals surface area contributed by atoms with Crippen LogP contribution in [0.4, 0.5) is 5.82 Å². The lowest BCUT2D eigenvalue weighted by molar-refractivity contribution is -0.140. The van der Waals surface area contributed by atoms with Gasteiger partial charge in [-0.05, 0) is 26.0 Å². The number of nitrogens with zero attached hydrogens (tertiary/aromatic N) is 2. The molecule has 1 aromatic heterocycles. The first-order valence-corrected chi connectivity index (χ1v) is 7.93. The number of nitrogens with one attached hydrogen (secondary N) is 1. The zero-order chi connectivity index (χ0) is 14.8. The average molecular weight is 303 g/mol. The van der Waals surface area contributed by atoms with Gasteiger partial charge in [0.1, 0.15) is 17.2 Å². The second-order valence-electron chi connectivity index (χ2n) is 4.99. The number of benzene rings is 1. The normalized spacial score (nSPS) is 21.5. The third-order valence-electron chi connectivity index (χ3n) is 3.30. The van der Waals surface area contributed by atoms with Gasteiger partial charge in [-0.25, -0.2) is 9.97 Å². The number of para-hydroxylation sites is 1.